The number of urea groups is 1. The lowest BCUT2D eigenvalue weighted by Gasteiger charge is -2.42. The number of carbonyl (C=O) groups is 1. The normalized spacial score (nSPS) is 15.7. The second-order valence-corrected chi connectivity index (χ2v) is 9.16. The third-order valence-corrected chi connectivity index (χ3v) is 6.71. The number of carbonyl (C=O) groups excluding carboxylic acids is 1. The molecule has 7 nitrogen and oxygen atoms in total. The number of piperazine rings is 1. The molecule has 0 spiro atoms. The zero-order valence-electron chi connectivity index (χ0n) is 20.9. The van der Waals surface area contributed by atoms with Crippen molar-refractivity contribution in [1.29, 1.82) is 5.26 Å². The smallest absolute Gasteiger partial charge is 0.322 e. The van der Waals surface area contributed by atoms with E-state index < -0.39 is 6.04 Å². The van der Waals surface area contributed by atoms with E-state index in [9.17, 15) is 14.4 Å². The van der Waals surface area contributed by atoms with Gasteiger partial charge in [-0.25, -0.2) is 14.2 Å². The lowest BCUT2D eigenvalue weighted by Crippen LogP contribution is -2.55. The van der Waals surface area contributed by atoms with Crippen LogP contribution in [-0.4, -0.2) is 41.4 Å². The molecule has 0 saturated carbocycles. The van der Waals surface area contributed by atoms with E-state index in [-0.39, 0.29) is 11.8 Å². The highest BCUT2D eigenvalue weighted by Gasteiger charge is 2.33. The SMILES string of the molecule is Cc1ccccc1N=C(NC#N)N1CCN(C(=O)Nc2ccc3ccccc3c2)C(c2ccc(F)cc2)C1. The Kier molecular flexibility index (Phi) is 7.18. The van der Waals surface area contributed by atoms with Gasteiger partial charge in [-0.1, -0.05) is 60.7 Å². The topological polar surface area (TPSA) is 83.8 Å². The van der Waals surface area contributed by atoms with Gasteiger partial charge in [0.2, 0.25) is 5.96 Å². The fraction of sp³-hybridized carbons (Fsp3) is 0.167. The maximum absolute atomic E-state index is 13.7. The number of nitrogens with zero attached hydrogens (tertiary/aromatic N) is 4. The van der Waals surface area contributed by atoms with Crippen molar-refractivity contribution in [3.05, 3.63) is 108 Å². The van der Waals surface area contributed by atoms with Crippen molar-refractivity contribution in [2.24, 2.45) is 4.99 Å². The Morgan fingerprint density at radius 2 is 1.71 bits per heavy atom. The number of anilines is 1. The Bertz CT molecular complexity index is 1530. The van der Waals surface area contributed by atoms with E-state index in [1.165, 1.54) is 12.1 Å². The molecule has 1 unspecified atom stereocenters. The van der Waals surface area contributed by atoms with Crippen LogP contribution in [0.1, 0.15) is 17.2 Å². The van der Waals surface area contributed by atoms with Crippen LogP contribution in [0, 0.1) is 24.2 Å². The van der Waals surface area contributed by atoms with Gasteiger partial charge in [-0.15, -0.1) is 0 Å². The molecular formula is C30H27FN6O. The van der Waals surface area contributed by atoms with E-state index >= 15 is 0 Å². The van der Waals surface area contributed by atoms with Crippen molar-refractivity contribution >= 4 is 34.1 Å². The third kappa shape index (κ3) is 5.42. The quantitative estimate of drug-likeness (QED) is 0.156. The first kappa shape index (κ1) is 24.8. The first-order valence-corrected chi connectivity index (χ1v) is 12.4. The van der Waals surface area contributed by atoms with E-state index in [1.807, 2.05) is 84.7 Å². The molecule has 0 bridgehead atoms. The van der Waals surface area contributed by atoms with Crippen molar-refractivity contribution < 1.29 is 9.18 Å². The lowest BCUT2D eigenvalue weighted by atomic mass is 10.0. The number of nitriles is 1. The molecule has 2 N–H and O–H groups in total. The predicted octanol–water partition coefficient (Wildman–Crippen LogP) is 5.94. The van der Waals surface area contributed by atoms with Crippen LogP contribution < -0.4 is 10.6 Å². The minimum absolute atomic E-state index is 0.250. The summed E-state index contributed by atoms with van der Waals surface area (Å²) in [6.07, 6.45) is 1.98. The summed E-state index contributed by atoms with van der Waals surface area (Å²) in [4.78, 5) is 21.9. The molecule has 1 saturated heterocycles. The van der Waals surface area contributed by atoms with Crippen LogP contribution >= 0.6 is 0 Å². The summed E-state index contributed by atoms with van der Waals surface area (Å²) in [5.74, 6) is 0.0602. The van der Waals surface area contributed by atoms with Gasteiger partial charge in [-0.2, -0.15) is 5.26 Å². The van der Waals surface area contributed by atoms with Crippen LogP contribution in [0.25, 0.3) is 10.8 Å². The second-order valence-electron chi connectivity index (χ2n) is 9.16. The van der Waals surface area contributed by atoms with Crippen LogP contribution in [0.3, 0.4) is 0 Å². The van der Waals surface area contributed by atoms with Gasteiger partial charge in [0.25, 0.3) is 0 Å². The first-order chi connectivity index (χ1) is 18.5. The molecule has 2 amide bonds. The summed E-state index contributed by atoms with van der Waals surface area (Å²) in [7, 11) is 0. The van der Waals surface area contributed by atoms with Crippen molar-refractivity contribution in [2.75, 3.05) is 25.0 Å². The summed E-state index contributed by atoms with van der Waals surface area (Å²) in [6, 6.07) is 27.0. The largest absolute Gasteiger partial charge is 0.338 e. The van der Waals surface area contributed by atoms with E-state index in [0.717, 1.165) is 27.6 Å². The monoisotopic (exact) mass is 506 g/mol. The van der Waals surface area contributed by atoms with E-state index in [1.54, 1.807) is 17.0 Å². The maximum Gasteiger partial charge on any atom is 0.322 e. The molecule has 1 heterocycles. The third-order valence-electron chi connectivity index (χ3n) is 6.71. The highest BCUT2D eigenvalue weighted by molar-refractivity contribution is 5.94. The van der Waals surface area contributed by atoms with E-state index in [4.69, 9.17) is 4.99 Å². The van der Waals surface area contributed by atoms with Crippen LogP contribution in [0.15, 0.2) is 96.0 Å². The van der Waals surface area contributed by atoms with Crippen molar-refractivity contribution in [1.82, 2.24) is 15.1 Å². The number of benzene rings is 4. The average molecular weight is 507 g/mol. The van der Waals surface area contributed by atoms with Gasteiger partial charge in [-0.05, 0) is 59.2 Å². The van der Waals surface area contributed by atoms with Crippen LogP contribution in [0.4, 0.5) is 20.6 Å². The number of hydrogen-bond acceptors (Lipinski definition) is 3. The number of halogens is 1. The van der Waals surface area contributed by atoms with Crippen LogP contribution in [0.5, 0.6) is 0 Å². The molecule has 1 fully saturated rings. The Morgan fingerprint density at radius 1 is 0.974 bits per heavy atom. The molecule has 5 rings (SSSR count). The predicted molar refractivity (Wildman–Crippen MR) is 147 cm³/mol. The summed E-state index contributed by atoms with van der Waals surface area (Å²) in [6.45, 7) is 3.17. The highest BCUT2D eigenvalue weighted by Crippen LogP contribution is 2.28. The maximum atomic E-state index is 13.7. The van der Waals surface area contributed by atoms with Crippen molar-refractivity contribution in [2.45, 2.75) is 13.0 Å². The molecule has 38 heavy (non-hydrogen) atoms. The first-order valence-electron chi connectivity index (χ1n) is 12.4. The van der Waals surface area contributed by atoms with Gasteiger partial charge in [-0.3, -0.25) is 5.32 Å². The average Bonchev–Trinajstić information content (AvgIpc) is 2.94. The standard InChI is InChI=1S/C30H27FN6O/c1-21-6-2-5-9-27(21)35-29(33-20-32)36-16-17-37(28(19-36)23-10-13-25(31)14-11-23)30(38)34-26-15-12-22-7-3-4-8-24(22)18-26/h2-15,18,28H,16-17,19H2,1H3,(H,33,35)(H,34,38). The highest BCUT2D eigenvalue weighted by atomic mass is 19.1. The Morgan fingerprint density at radius 3 is 2.47 bits per heavy atom. The number of para-hydroxylation sites is 1. The van der Waals surface area contributed by atoms with Gasteiger partial charge in [0.15, 0.2) is 6.19 Å². The number of nitrogens with one attached hydrogen (secondary N) is 2. The molecule has 4 aromatic rings. The Balaban J connectivity index is 1.43. The molecule has 0 aromatic heterocycles. The molecule has 0 aliphatic carbocycles. The molecule has 1 aliphatic rings. The van der Waals surface area contributed by atoms with Gasteiger partial charge >= 0.3 is 6.03 Å². The summed E-state index contributed by atoms with van der Waals surface area (Å²) in [5.41, 5.74) is 3.21. The molecule has 190 valence electrons. The fourth-order valence-corrected chi connectivity index (χ4v) is 4.68. The van der Waals surface area contributed by atoms with Gasteiger partial charge in [0.1, 0.15) is 5.82 Å². The number of amides is 2. The Labute approximate surface area is 220 Å². The zero-order chi connectivity index (χ0) is 26.5. The van der Waals surface area contributed by atoms with E-state index in [0.29, 0.717) is 31.3 Å². The summed E-state index contributed by atoms with van der Waals surface area (Å²) >= 11 is 0. The number of hydrogen-bond donors (Lipinski definition) is 2. The van der Waals surface area contributed by atoms with Gasteiger partial charge < -0.3 is 15.1 Å². The number of aryl methyl sites for hydroxylation is 1. The molecule has 1 atom stereocenters. The number of rotatable bonds is 3. The molecule has 8 heteroatoms. The fourth-order valence-electron chi connectivity index (χ4n) is 4.68. The Hall–Kier alpha value is -4.90. The van der Waals surface area contributed by atoms with Crippen LogP contribution in [0.2, 0.25) is 0 Å². The lowest BCUT2D eigenvalue weighted by molar-refractivity contribution is 0.135. The van der Waals surface area contributed by atoms with Gasteiger partial charge in [0.05, 0.1) is 11.7 Å². The minimum atomic E-state index is -0.396. The van der Waals surface area contributed by atoms with Gasteiger partial charge in [0, 0.05) is 25.3 Å². The second kappa shape index (κ2) is 11.0. The van der Waals surface area contributed by atoms with E-state index in [2.05, 4.69) is 10.6 Å². The number of aliphatic imine (C=N–C) groups is 1. The zero-order valence-corrected chi connectivity index (χ0v) is 20.9. The number of guanidine groups is 1. The summed E-state index contributed by atoms with van der Waals surface area (Å²) in [5, 5.41) is 17.3. The molecule has 4 aromatic carbocycles. The number of fused-ring (bicyclic) bond motifs is 1. The van der Waals surface area contributed by atoms with Crippen molar-refractivity contribution in [3.8, 4) is 6.19 Å². The molecule has 0 radical (unpaired) electrons. The summed E-state index contributed by atoms with van der Waals surface area (Å²) < 4.78 is 13.7. The van der Waals surface area contributed by atoms with Crippen molar-refractivity contribution in [3.63, 3.8) is 0 Å². The minimum Gasteiger partial charge on any atom is -0.338 e. The molecular weight excluding hydrogens is 479 g/mol. The molecule has 1 aliphatic heterocycles. The van der Waals surface area contributed by atoms with Crippen LogP contribution in [-0.2, 0) is 0 Å².